The Morgan fingerprint density at radius 1 is 1.50 bits per heavy atom. The van der Waals surface area contributed by atoms with E-state index in [1.165, 1.54) is 0 Å². The van der Waals surface area contributed by atoms with Crippen LogP contribution in [0.5, 0.6) is 0 Å². The quantitative estimate of drug-likeness (QED) is 0.562. The zero-order chi connectivity index (χ0) is 10.6. The second-order valence-corrected chi connectivity index (χ2v) is 2.55. The summed E-state index contributed by atoms with van der Waals surface area (Å²) >= 11 is 0. The Morgan fingerprint density at radius 2 is 2.14 bits per heavy atom. The molecule has 0 unspecified atom stereocenters. The molecule has 6 heteroatoms. The summed E-state index contributed by atoms with van der Waals surface area (Å²) in [6, 6.07) is 0. The first-order valence-corrected chi connectivity index (χ1v) is 3.89. The van der Waals surface area contributed by atoms with Gasteiger partial charge >= 0.3 is 0 Å². The van der Waals surface area contributed by atoms with Crippen LogP contribution in [0, 0.1) is 6.92 Å². The van der Waals surface area contributed by atoms with E-state index in [4.69, 9.17) is 10.5 Å². The molecule has 74 valence electrons. The van der Waals surface area contributed by atoms with Gasteiger partial charge in [-0.15, -0.1) is 0 Å². The molecule has 2 heterocycles. The predicted molar refractivity (Wildman–Crippen MR) is 52.4 cm³/mol. The fraction of sp³-hybridized carbons (Fsp3) is 0.125. The Hall–Kier alpha value is -2.11. The van der Waals surface area contributed by atoms with Crippen LogP contribution >= 0.6 is 0 Å². The molecule has 2 aromatic rings. The number of imidazole rings is 1. The number of nitrogens with two attached hydrogens (primary N) is 2. The van der Waals surface area contributed by atoms with Crippen molar-refractivity contribution in [1.29, 1.82) is 0 Å². The molecule has 1 amide bonds. The van der Waals surface area contributed by atoms with Crippen LogP contribution in [-0.2, 0) is 4.79 Å². The van der Waals surface area contributed by atoms with Crippen LogP contribution in [0.4, 0.5) is 5.82 Å². The predicted octanol–water partition coefficient (Wildman–Crippen LogP) is -0.279. The van der Waals surface area contributed by atoms with Gasteiger partial charge in [0, 0.05) is 18.0 Å². The Bertz CT molecular complexity index is 436. The van der Waals surface area contributed by atoms with Crippen LogP contribution in [0.1, 0.15) is 5.56 Å². The number of carbonyl (C=O) groups is 1. The maximum Gasteiger partial charge on any atom is 0.204 e. The minimum Gasteiger partial charge on any atom is -0.383 e. The Balaban J connectivity index is 0.000000293. The lowest BCUT2D eigenvalue weighted by atomic mass is 10.3. The Labute approximate surface area is 80.6 Å². The van der Waals surface area contributed by atoms with E-state index in [1.807, 2.05) is 17.5 Å². The van der Waals surface area contributed by atoms with Crippen LogP contribution in [0.2, 0.25) is 0 Å². The van der Waals surface area contributed by atoms with E-state index in [-0.39, 0.29) is 6.41 Å². The Morgan fingerprint density at radius 3 is 2.79 bits per heavy atom. The fourth-order valence-corrected chi connectivity index (χ4v) is 1.03. The number of hydrogen-bond donors (Lipinski definition) is 2. The molecule has 0 atom stereocenters. The number of amides is 1. The van der Waals surface area contributed by atoms with Crippen molar-refractivity contribution in [2.75, 3.05) is 5.73 Å². The standard InChI is InChI=1S/C7H8N4.CH3NO/c1-5-6(8)10-4-11-3-2-9-7(5)11;2-1-3/h2-4H,8H2,1H3;1H,(H2,2,3). The molecule has 0 aliphatic heterocycles. The second kappa shape index (κ2) is 4.22. The average Bonchev–Trinajstić information content (AvgIpc) is 2.61. The number of nitrogen functional groups attached to an aromatic ring is 1. The van der Waals surface area contributed by atoms with Crippen molar-refractivity contribution in [1.82, 2.24) is 14.4 Å². The SMILES string of the molecule is Cc1c(N)ncn2ccnc12.NC=O. The number of nitrogens with zero attached hydrogens (tertiary/aromatic N) is 3. The van der Waals surface area contributed by atoms with Crippen molar-refractivity contribution in [3.63, 3.8) is 0 Å². The van der Waals surface area contributed by atoms with E-state index in [0.717, 1.165) is 11.2 Å². The summed E-state index contributed by atoms with van der Waals surface area (Å²) in [7, 11) is 0. The molecule has 0 aromatic carbocycles. The lowest BCUT2D eigenvalue weighted by molar-refractivity contribution is -0.106. The maximum atomic E-state index is 8.58. The summed E-state index contributed by atoms with van der Waals surface area (Å²) in [4.78, 5) is 16.7. The molecule has 0 bridgehead atoms. The van der Waals surface area contributed by atoms with Crippen LogP contribution < -0.4 is 11.5 Å². The molecular weight excluding hydrogens is 182 g/mol. The summed E-state index contributed by atoms with van der Waals surface area (Å²) in [5.74, 6) is 0.545. The van der Waals surface area contributed by atoms with Crippen molar-refractivity contribution in [2.24, 2.45) is 5.73 Å². The van der Waals surface area contributed by atoms with E-state index in [1.54, 1.807) is 12.5 Å². The summed E-state index contributed by atoms with van der Waals surface area (Å²) in [6.45, 7) is 1.91. The van der Waals surface area contributed by atoms with Gasteiger partial charge in [-0.3, -0.25) is 9.20 Å². The smallest absolute Gasteiger partial charge is 0.204 e. The number of anilines is 1. The number of primary amides is 1. The highest BCUT2D eigenvalue weighted by molar-refractivity contribution is 5.56. The molecule has 0 spiro atoms. The van der Waals surface area contributed by atoms with Gasteiger partial charge in [0.15, 0.2) is 0 Å². The van der Waals surface area contributed by atoms with Crippen LogP contribution in [0.15, 0.2) is 18.7 Å². The summed E-state index contributed by atoms with van der Waals surface area (Å²) in [5.41, 5.74) is 11.5. The first-order valence-electron chi connectivity index (χ1n) is 3.89. The molecule has 0 aliphatic rings. The highest BCUT2D eigenvalue weighted by Crippen LogP contribution is 2.11. The highest BCUT2D eigenvalue weighted by Gasteiger charge is 2.00. The topological polar surface area (TPSA) is 99.3 Å². The van der Waals surface area contributed by atoms with Gasteiger partial charge in [0.1, 0.15) is 17.8 Å². The fourth-order valence-electron chi connectivity index (χ4n) is 1.03. The Kier molecular flexibility index (Phi) is 3.01. The minimum atomic E-state index is 0.250. The molecular formula is C8H11N5O. The number of fused-ring (bicyclic) bond motifs is 1. The zero-order valence-corrected chi connectivity index (χ0v) is 7.71. The molecule has 0 saturated carbocycles. The van der Waals surface area contributed by atoms with Gasteiger partial charge in [-0.2, -0.15) is 0 Å². The largest absolute Gasteiger partial charge is 0.383 e. The average molecular weight is 193 g/mol. The molecule has 0 fully saturated rings. The molecule has 0 saturated heterocycles. The van der Waals surface area contributed by atoms with Gasteiger partial charge in [0.25, 0.3) is 0 Å². The number of rotatable bonds is 0. The highest BCUT2D eigenvalue weighted by atomic mass is 16.1. The van der Waals surface area contributed by atoms with Crippen LogP contribution in [-0.4, -0.2) is 20.8 Å². The van der Waals surface area contributed by atoms with Crippen LogP contribution in [0.25, 0.3) is 5.65 Å². The third-order valence-corrected chi connectivity index (χ3v) is 1.71. The van der Waals surface area contributed by atoms with Gasteiger partial charge < -0.3 is 11.5 Å². The van der Waals surface area contributed by atoms with Crippen molar-refractivity contribution in [2.45, 2.75) is 6.92 Å². The lowest BCUT2D eigenvalue weighted by Crippen LogP contribution is -1.97. The lowest BCUT2D eigenvalue weighted by Gasteiger charge is -1.99. The zero-order valence-electron chi connectivity index (χ0n) is 7.71. The third kappa shape index (κ3) is 1.79. The van der Waals surface area contributed by atoms with Gasteiger partial charge in [-0.1, -0.05) is 0 Å². The summed E-state index contributed by atoms with van der Waals surface area (Å²) < 4.78 is 1.84. The molecule has 14 heavy (non-hydrogen) atoms. The molecule has 0 aliphatic carbocycles. The molecule has 4 N–H and O–H groups in total. The maximum absolute atomic E-state index is 8.58. The number of carbonyl (C=O) groups excluding carboxylic acids is 1. The van der Waals surface area contributed by atoms with E-state index >= 15 is 0 Å². The third-order valence-electron chi connectivity index (χ3n) is 1.71. The van der Waals surface area contributed by atoms with Crippen molar-refractivity contribution in [3.05, 3.63) is 24.3 Å². The normalized spacial score (nSPS) is 9.21. The first-order chi connectivity index (χ1) is 6.70. The number of aromatic nitrogens is 3. The van der Waals surface area contributed by atoms with Gasteiger partial charge in [-0.25, -0.2) is 9.97 Å². The second-order valence-electron chi connectivity index (χ2n) is 2.55. The molecule has 2 aromatic heterocycles. The summed E-state index contributed by atoms with van der Waals surface area (Å²) in [5, 5.41) is 0. The number of aryl methyl sites for hydroxylation is 1. The monoisotopic (exact) mass is 193 g/mol. The van der Waals surface area contributed by atoms with E-state index < -0.39 is 0 Å². The van der Waals surface area contributed by atoms with Gasteiger partial charge in [0.2, 0.25) is 6.41 Å². The van der Waals surface area contributed by atoms with Gasteiger partial charge in [0.05, 0.1) is 0 Å². The van der Waals surface area contributed by atoms with Crippen LogP contribution in [0.3, 0.4) is 0 Å². The van der Waals surface area contributed by atoms with E-state index in [9.17, 15) is 0 Å². The van der Waals surface area contributed by atoms with Crippen molar-refractivity contribution >= 4 is 17.9 Å². The molecule has 2 rings (SSSR count). The number of hydrogen-bond acceptors (Lipinski definition) is 4. The van der Waals surface area contributed by atoms with Crippen molar-refractivity contribution in [3.8, 4) is 0 Å². The molecule has 0 radical (unpaired) electrons. The van der Waals surface area contributed by atoms with E-state index in [0.29, 0.717) is 5.82 Å². The van der Waals surface area contributed by atoms with Gasteiger partial charge in [-0.05, 0) is 6.92 Å². The minimum absolute atomic E-state index is 0.250. The summed E-state index contributed by atoms with van der Waals surface area (Å²) in [6.07, 6.45) is 5.48. The first kappa shape index (κ1) is 9.97. The van der Waals surface area contributed by atoms with E-state index in [2.05, 4.69) is 15.7 Å². The molecule has 6 nitrogen and oxygen atoms in total. The van der Waals surface area contributed by atoms with Crippen molar-refractivity contribution < 1.29 is 4.79 Å².